The Morgan fingerprint density at radius 2 is 1.73 bits per heavy atom. The summed E-state index contributed by atoms with van der Waals surface area (Å²) in [4.78, 5) is 52.1. The normalized spacial score (nSPS) is 15.9. The molecule has 2 aliphatic rings. The minimum atomic E-state index is -0.482. The van der Waals surface area contributed by atoms with Gasteiger partial charge in [0.2, 0.25) is 5.91 Å². The highest BCUT2D eigenvalue weighted by atomic mass is 127. The number of ether oxygens (including phenoxy) is 1. The zero-order valence-corrected chi connectivity index (χ0v) is 26.0. The number of non-ortho nitro benzene ring substituents is 1. The maximum absolute atomic E-state index is 13.1. The van der Waals surface area contributed by atoms with Gasteiger partial charge in [-0.25, -0.2) is 0 Å². The van der Waals surface area contributed by atoms with E-state index in [0.717, 1.165) is 46.9 Å². The van der Waals surface area contributed by atoms with Crippen LogP contribution in [0.5, 0.6) is 5.75 Å². The molecule has 0 unspecified atom stereocenters. The van der Waals surface area contributed by atoms with Crippen molar-refractivity contribution in [2.75, 3.05) is 13.1 Å². The molecule has 0 N–H and O–H groups in total. The molecule has 9 nitrogen and oxygen atoms in total. The zero-order valence-electron chi connectivity index (χ0n) is 20.8. The van der Waals surface area contributed by atoms with Crippen molar-refractivity contribution in [3.8, 4) is 5.75 Å². The van der Waals surface area contributed by atoms with Crippen LogP contribution < -0.4 is 4.74 Å². The lowest BCUT2D eigenvalue weighted by Gasteiger charge is -2.29. The number of carbonyl (C=O) groups excluding carboxylic acids is 3. The van der Waals surface area contributed by atoms with Crippen molar-refractivity contribution in [1.82, 2.24) is 9.80 Å². The summed E-state index contributed by atoms with van der Waals surface area (Å²) in [5, 5.41) is 10.4. The predicted octanol–water partition coefficient (Wildman–Crippen LogP) is 6.00. The van der Waals surface area contributed by atoms with Crippen LogP contribution >= 0.6 is 56.9 Å². The van der Waals surface area contributed by atoms with Crippen molar-refractivity contribution in [2.45, 2.75) is 19.6 Å². The average molecular weight is 781 g/mol. The number of thioether (sulfide) groups is 1. The van der Waals surface area contributed by atoms with Crippen LogP contribution in [0.15, 0.2) is 65.6 Å². The Morgan fingerprint density at radius 1 is 1.05 bits per heavy atom. The predicted molar refractivity (Wildman–Crippen MR) is 168 cm³/mol. The van der Waals surface area contributed by atoms with E-state index in [4.69, 9.17) is 4.74 Å². The summed E-state index contributed by atoms with van der Waals surface area (Å²) >= 11 is 5.11. The van der Waals surface area contributed by atoms with Crippen LogP contribution in [0.2, 0.25) is 0 Å². The second-order valence-corrected chi connectivity index (χ2v) is 12.4. The van der Waals surface area contributed by atoms with E-state index in [-0.39, 0.29) is 29.7 Å². The molecule has 0 saturated carbocycles. The molecule has 2 aliphatic heterocycles. The number of hydrogen-bond acceptors (Lipinski definition) is 7. The smallest absolute Gasteiger partial charge is 0.294 e. The van der Waals surface area contributed by atoms with Crippen LogP contribution in [0.4, 0.5) is 10.5 Å². The number of nitrogens with zero attached hydrogens (tertiary/aromatic N) is 3. The van der Waals surface area contributed by atoms with Crippen molar-refractivity contribution in [3.05, 3.63) is 105 Å². The molecule has 0 aromatic heterocycles. The van der Waals surface area contributed by atoms with Gasteiger partial charge in [-0.15, -0.1) is 0 Å². The molecule has 1 fully saturated rings. The first-order chi connectivity index (χ1) is 19.2. The molecule has 3 aromatic rings. The zero-order chi connectivity index (χ0) is 28.4. The van der Waals surface area contributed by atoms with Crippen molar-refractivity contribution in [3.63, 3.8) is 0 Å². The Labute approximate surface area is 261 Å². The van der Waals surface area contributed by atoms with Gasteiger partial charge in [0.05, 0.1) is 17.0 Å². The Balaban J connectivity index is 1.24. The Morgan fingerprint density at radius 3 is 2.40 bits per heavy atom. The van der Waals surface area contributed by atoms with Gasteiger partial charge in [-0.05, 0) is 116 Å². The summed E-state index contributed by atoms with van der Waals surface area (Å²) in [5.74, 6) is -0.0838. The summed E-state index contributed by atoms with van der Waals surface area (Å²) in [6.07, 6.45) is 2.39. The molecule has 0 radical (unpaired) electrons. The molecule has 0 atom stereocenters. The summed E-state index contributed by atoms with van der Waals surface area (Å²) in [6.45, 7) is 0.974. The van der Waals surface area contributed by atoms with Crippen LogP contribution in [-0.4, -0.2) is 44.9 Å². The third kappa shape index (κ3) is 6.33. The van der Waals surface area contributed by atoms with Gasteiger partial charge in [-0.1, -0.05) is 24.3 Å². The first kappa shape index (κ1) is 28.5. The number of nitro benzene ring substituents is 1. The van der Waals surface area contributed by atoms with Gasteiger partial charge in [0.25, 0.3) is 16.8 Å². The van der Waals surface area contributed by atoms with Crippen LogP contribution in [0.3, 0.4) is 0 Å². The highest BCUT2D eigenvalue weighted by Gasteiger charge is 2.37. The first-order valence-electron chi connectivity index (χ1n) is 12.1. The van der Waals surface area contributed by atoms with Crippen LogP contribution in [0.25, 0.3) is 6.08 Å². The largest absolute Gasteiger partial charge is 0.487 e. The van der Waals surface area contributed by atoms with Gasteiger partial charge in [0.1, 0.15) is 18.9 Å². The molecule has 0 spiro atoms. The van der Waals surface area contributed by atoms with E-state index in [1.165, 1.54) is 17.7 Å². The maximum atomic E-state index is 13.1. The fourth-order valence-electron chi connectivity index (χ4n) is 4.40. The standard InChI is InChI=1S/C28H21I2N3O6S/c29-22-11-18(12-23(30)26(22)39-16-17-5-7-21(8-6-17)33(37)38)13-24-27(35)32(28(36)40-24)15-25(34)31-10-9-19-3-1-2-4-20(19)14-31/h1-8,11-13H,9-10,14-16H2/b24-13-. The fourth-order valence-corrected chi connectivity index (χ4v) is 7.37. The van der Waals surface area contributed by atoms with Crippen molar-refractivity contribution in [1.29, 1.82) is 0 Å². The Hall–Kier alpha value is -2.98. The number of carbonyl (C=O) groups is 3. The molecular weight excluding hydrogens is 760 g/mol. The van der Waals surface area contributed by atoms with Crippen molar-refractivity contribution >= 4 is 85.8 Å². The summed E-state index contributed by atoms with van der Waals surface area (Å²) in [6, 6.07) is 17.8. The number of nitro groups is 1. The number of hydrogen-bond donors (Lipinski definition) is 0. The molecule has 1 saturated heterocycles. The molecule has 0 aliphatic carbocycles. The van der Waals surface area contributed by atoms with Gasteiger partial charge < -0.3 is 9.64 Å². The van der Waals surface area contributed by atoms with Crippen molar-refractivity contribution < 1.29 is 24.0 Å². The lowest BCUT2D eigenvalue weighted by molar-refractivity contribution is -0.384. The number of rotatable bonds is 7. The first-order valence-corrected chi connectivity index (χ1v) is 15.1. The summed E-state index contributed by atoms with van der Waals surface area (Å²) < 4.78 is 7.58. The van der Waals surface area contributed by atoms with Crippen molar-refractivity contribution in [2.24, 2.45) is 0 Å². The number of fused-ring (bicyclic) bond motifs is 1. The molecule has 2 heterocycles. The molecular formula is C28H21I2N3O6S. The SMILES string of the molecule is O=C(CN1C(=O)S/C(=C\c2cc(I)c(OCc3ccc([N+](=O)[O-])cc3)c(I)c2)C1=O)N1CCc2ccccc2C1. The van der Waals surface area contributed by atoms with Gasteiger partial charge in [0.15, 0.2) is 0 Å². The molecule has 3 aromatic carbocycles. The van der Waals surface area contributed by atoms with E-state index in [1.807, 2.05) is 30.3 Å². The third-order valence-electron chi connectivity index (χ3n) is 6.50. The molecule has 3 amide bonds. The molecule has 0 bridgehead atoms. The lowest BCUT2D eigenvalue weighted by atomic mass is 10.00. The summed E-state index contributed by atoms with van der Waals surface area (Å²) in [7, 11) is 0. The number of halogens is 2. The van der Waals surface area contributed by atoms with Crippen LogP contribution in [0.1, 0.15) is 22.3 Å². The second kappa shape index (κ2) is 12.3. The average Bonchev–Trinajstić information content (AvgIpc) is 3.19. The summed E-state index contributed by atoms with van der Waals surface area (Å²) in [5.41, 5.74) is 3.83. The Bertz CT molecular complexity index is 1540. The van der Waals surface area contributed by atoms with Crippen LogP contribution in [-0.2, 0) is 29.2 Å². The molecule has 40 heavy (non-hydrogen) atoms. The number of benzene rings is 3. The fraction of sp³-hybridized carbons (Fsp3) is 0.179. The number of imide groups is 1. The highest BCUT2D eigenvalue weighted by molar-refractivity contribution is 14.1. The van der Waals surface area contributed by atoms with E-state index in [9.17, 15) is 24.5 Å². The van der Waals surface area contributed by atoms with E-state index >= 15 is 0 Å². The van der Waals surface area contributed by atoms with E-state index in [0.29, 0.717) is 18.8 Å². The number of amides is 3. The van der Waals surface area contributed by atoms with Gasteiger partial charge >= 0.3 is 0 Å². The van der Waals surface area contributed by atoms with Gasteiger partial charge in [-0.2, -0.15) is 0 Å². The van der Waals surface area contributed by atoms with Gasteiger partial charge in [-0.3, -0.25) is 29.4 Å². The maximum Gasteiger partial charge on any atom is 0.294 e. The minimum absolute atomic E-state index is 0.0170. The quantitative estimate of drug-likeness (QED) is 0.125. The molecule has 5 rings (SSSR count). The van der Waals surface area contributed by atoms with E-state index < -0.39 is 16.1 Å². The third-order valence-corrected chi connectivity index (χ3v) is 9.01. The topological polar surface area (TPSA) is 110 Å². The highest BCUT2D eigenvalue weighted by Crippen LogP contribution is 2.35. The lowest BCUT2D eigenvalue weighted by Crippen LogP contribution is -2.44. The second-order valence-electron chi connectivity index (χ2n) is 9.13. The Kier molecular flexibility index (Phi) is 8.75. The molecule has 204 valence electrons. The van der Waals surface area contributed by atoms with E-state index in [1.54, 1.807) is 23.1 Å². The van der Waals surface area contributed by atoms with E-state index in [2.05, 4.69) is 51.2 Å². The van der Waals surface area contributed by atoms with Crippen LogP contribution in [0, 0.1) is 17.3 Å². The van der Waals surface area contributed by atoms with Gasteiger partial charge in [0, 0.05) is 25.2 Å². The minimum Gasteiger partial charge on any atom is -0.487 e. The monoisotopic (exact) mass is 781 g/mol. The molecule has 12 heteroatoms.